The molecule has 41 heavy (non-hydrogen) atoms. The van der Waals surface area contributed by atoms with Gasteiger partial charge in [0.15, 0.2) is 5.78 Å². The summed E-state index contributed by atoms with van der Waals surface area (Å²) in [6, 6.07) is 12.0. The van der Waals surface area contributed by atoms with Gasteiger partial charge in [0.25, 0.3) is 0 Å². The van der Waals surface area contributed by atoms with Crippen LogP contribution in [-0.4, -0.2) is 61.9 Å². The quantitative estimate of drug-likeness (QED) is 0.300. The molecule has 5 rings (SSSR count). The Morgan fingerprint density at radius 1 is 1.15 bits per heavy atom. The minimum atomic E-state index is -1.27. The van der Waals surface area contributed by atoms with Crippen LogP contribution in [0.4, 0.5) is 5.69 Å². The van der Waals surface area contributed by atoms with Crippen LogP contribution in [0.15, 0.2) is 72.8 Å². The minimum Gasteiger partial charge on any atom is -0.495 e. The smallest absolute Gasteiger partial charge is 0.335 e. The lowest BCUT2D eigenvalue weighted by molar-refractivity contribution is -0.123. The molecule has 1 aromatic heterocycles. The fourth-order valence-electron chi connectivity index (χ4n) is 4.79. The summed E-state index contributed by atoms with van der Waals surface area (Å²) in [5, 5.41) is 28.4. The van der Waals surface area contributed by atoms with Crippen LogP contribution in [0.25, 0.3) is 5.57 Å². The lowest BCUT2D eigenvalue weighted by Crippen LogP contribution is -2.48. The van der Waals surface area contributed by atoms with Crippen LogP contribution in [0.5, 0.6) is 0 Å². The number of carbonyl (C=O) groups is 3. The van der Waals surface area contributed by atoms with Crippen molar-refractivity contribution in [3.63, 3.8) is 0 Å². The molecule has 0 bridgehead atoms. The lowest BCUT2D eigenvalue weighted by atomic mass is 9.93. The van der Waals surface area contributed by atoms with E-state index < -0.39 is 24.1 Å². The van der Waals surface area contributed by atoms with E-state index in [1.165, 1.54) is 49.3 Å². The summed E-state index contributed by atoms with van der Waals surface area (Å²) in [7, 11) is 1.46. The number of allylic oxidation sites excluding steroid dienone is 1. The molecule has 1 fully saturated rings. The van der Waals surface area contributed by atoms with Gasteiger partial charge in [-0.15, -0.1) is 0 Å². The molecular formula is C30H29ClN4O6. The van der Waals surface area contributed by atoms with Crippen molar-refractivity contribution in [3.8, 4) is 0 Å². The number of ether oxygens (including phenoxy) is 1. The average Bonchev–Trinajstić information content (AvgIpc) is 3.69. The molecule has 1 amide bonds. The number of methoxy groups -OCH3 is 1. The van der Waals surface area contributed by atoms with Crippen LogP contribution in [0.1, 0.15) is 57.8 Å². The van der Waals surface area contributed by atoms with Gasteiger partial charge in [0, 0.05) is 40.7 Å². The number of Topliss-reactive ketones (excluding diaryl/α,β-unsaturated/α-hetero) is 1. The molecule has 2 atom stereocenters. The number of aromatic nitrogens is 2. The number of carboxylic acids is 1. The summed E-state index contributed by atoms with van der Waals surface area (Å²) < 4.78 is 7.56. The Morgan fingerprint density at radius 2 is 1.88 bits per heavy atom. The number of carbonyl (C=O) groups excluding carboxylic acids is 2. The highest BCUT2D eigenvalue weighted by molar-refractivity contribution is 6.31. The first-order valence-corrected chi connectivity index (χ1v) is 13.4. The number of aromatic carboxylic acids is 1. The average molecular weight is 577 g/mol. The van der Waals surface area contributed by atoms with E-state index in [4.69, 9.17) is 16.3 Å². The van der Waals surface area contributed by atoms with E-state index in [2.05, 4.69) is 10.4 Å². The van der Waals surface area contributed by atoms with Gasteiger partial charge in [0.1, 0.15) is 18.0 Å². The maximum atomic E-state index is 13.7. The van der Waals surface area contributed by atoms with Crippen molar-refractivity contribution in [2.24, 2.45) is 0 Å². The van der Waals surface area contributed by atoms with Crippen LogP contribution < -0.4 is 5.32 Å². The molecule has 1 saturated carbocycles. The van der Waals surface area contributed by atoms with E-state index in [9.17, 15) is 24.6 Å². The number of anilines is 1. The van der Waals surface area contributed by atoms with Crippen LogP contribution in [0.3, 0.4) is 0 Å². The van der Waals surface area contributed by atoms with E-state index in [1.807, 2.05) is 16.9 Å². The second-order valence-corrected chi connectivity index (χ2v) is 10.4. The third-order valence-corrected chi connectivity index (χ3v) is 7.31. The lowest BCUT2D eigenvalue weighted by Gasteiger charge is -2.36. The Morgan fingerprint density at radius 3 is 2.51 bits per heavy atom. The predicted molar refractivity (Wildman–Crippen MR) is 152 cm³/mol. The van der Waals surface area contributed by atoms with E-state index in [0.717, 1.165) is 12.8 Å². The number of aliphatic hydroxyl groups excluding tert-OH is 1. The van der Waals surface area contributed by atoms with Gasteiger partial charge < -0.3 is 25.2 Å². The molecule has 1 aliphatic carbocycles. The van der Waals surface area contributed by atoms with E-state index in [0.29, 0.717) is 44.9 Å². The van der Waals surface area contributed by atoms with Gasteiger partial charge in [-0.25, -0.2) is 4.79 Å². The second kappa shape index (κ2) is 11.6. The highest BCUT2D eigenvalue weighted by atomic mass is 35.5. The maximum Gasteiger partial charge on any atom is 0.335 e. The normalized spacial score (nSPS) is 17.4. The summed E-state index contributed by atoms with van der Waals surface area (Å²) in [5.41, 5.74) is 2.53. The number of benzene rings is 2. The molecule has 2 heterocycles. The number of hydrogen-bond donors (Lipinski definition) is 3. The number of nitrogens with zero attached hydrogens (tertiary/aromatic N) is 3. The van der Waals surface area contributed by atoms with Crippen LogP contribution in [-0.2, 0) is 16.0 Å². The predicted octanol–water partition coefficient (Wildman–Crippen LogP) is 4.53. The zero-order valence-corrected chi connectivity index (χ0v) is 23.2. The zero-order chi connectivity index (χ0) is 29.3. The van der Waals surface area contributed by atoms with Crippen molar-refractivity contribution in [3.05, 3.63) is 100 Å². The number of amides is 1. The summed E-state index contributed by atoms with van der Waals surface area (Å²) in [4.78, 5) is 38.7. The van der Waals surface area contributed by atoms with Crippen molar-refractivity contribution in [2.75, 3.05) is 12.4 Å². The number of nitrogens with one attached hydrogen (secondary N) is 1. The number of hydrogen-bond acceptors (Lipinski definition) is 7. The van der Waals surface area contributed by atoms with Gasteiger partial charge in [-0.05, 0) is 79.9 Å². The van der Waals surface area contributed by atoms with Gasteiger partial charge in [-0.1, -0.05) is 11.6 Å². The summed E-state index contributed by atoms with van der Waals surface area (Å²) >= 11 is 6.25. The van der Waals surface area contributed by atoms with E-state index in [1.54, 1.807) is 24.4 Å². The molecule has 0 saturated heterocycles. The first-order valence-electron chi connectivity index (χ1n) is 13.1. The Balaban J connectivity index is 1.48. The molecule has 10 nitrogen and oxygen atoms in total. The number of ketones is 1. The van der Waals surface area contributed by atoms with Crippen molar-refractivity contribution in [1.29, 1.82) is 0 Å². The number of rotatable bonds is 10. The molecule has 1 aliphatic heterocycles. The van der Waals surface area contributed by atoms with Gasteiger partial charge in [0.05, 0.1) is 24.4 Å². The van der Waals surface area contributed by atoms with E-state index in [-0.39, 0.29) is 17.8 Å². The van der Waals surface area contributed by atoms with Crippen LogP contribution in [0.2, 0.25) is 5.02 Å². The van der Waals surface area contributed by atoms with Crippen LogP contribution >= 0.6 is 11.6 Å². The third-order valence-electron chi connectivity index (χ3n) is 7.07. The Bertz CT molecular complexity index is 1560. The van der Waals surface area contributed by atoms with Crippen LogP contribution in [0, 0.1) is 0 Å². The van der Waals surface area contributed by atoms with E-state index >= 15 is 0 Å². The highest BCUT2D eigenvalue weighted by Gasteiger charge is 2.34. The van der Waals surface area contributed by atoms with Gasteiger partial charge in [-0.3, -0.25) is 14.3 Å². The first kappa shape index (κ1) is 28.1. The van der Waals surface area contributed by atoms with Crippen molar-refractivity contribution in [2.45, 2.75) is 44.5 Å². The number of aliphatic hydroxyl groups is 1. The second-order valence-electron chi connectivity index (χ2n) is 9.99. The third kappa shape index (κ3) is 6.18. The largest absolute Gasteiger partial charge is 0.495 e. The molecule has 3 N–H and O–H groups in total. The number of halogens is 1. The molecule has 0 spiro atoms. The molecule has 2 aliphatic rings. The van der Waals surface area contributed by atoms with Crippen molar-refractivity contribution < 1.29 is 29.3 Å². The monoisotopic (exact) mass is 576 g/mol. The van der Waals surface area contributed by atoms with Crippen molar-refractivity contribution in [1.82, 2.24) is 14.7 Å². The topological polar surface area (TPSA) is 134 Å². The molecule has 11 heteroatoms. The molecular weight excluding hydrogens is 548 g/mol. The molecule has 2 unspecified atom stereocenters. The summed E-state index contributed by atoms with van der Waals surface area (Å²) in [6.07, 6.45) is 5.96. The molecule has 0 radical (unpaired) electrons. The van der Waals surface area contributed by atoms with Gasteiger partial charge in [-0.2, -0.15) is 5.10 Å². The van der Waals surface area contributed by atoms with Crippen molar-refractivity contribution >= 4 is 40.5 Å². The van der Waals surface area contributed by atoms with Gasteiger partial charge >= 0.3 is 5.97 Å². The Labute approximate surface area is 241 Å². The number of carboxylic acid groups (broad SMARTS) is 1. The minimum absolute atomic E-state index is 0.0906. The molecule has 212 valence electrons. The Hall–Kier alpha value is -4.41. The first-order chi connectivity index (χ1) is 19.6. The van der Waals surface area contributed by atoms with Gasteiger partial charge in [0.2, 0.25) is 5.91 Å². The Kier molecular flexibility index (Phi) is 7.96. The maximum absolute atomic E-state index is 13.7. The molecule has 3 aromatic rings. The standard InChI is InChI=1S/C30H29ClN4O6/c1-17(36)23-10-5-19(31)13-24(23)25-15-28(37)34(16-27(25)41-2)26(14-21-11-12-35(33-21)22-8-9-22)29(38)32-20-6-3-18(4-7-20)30(39)40/h3-7,10-13,15-16,22,26,28,37H,8-9,14H2,1-2H3,(H,32,38)(H,39,40). The highest BCUT2D eigenvalue weighted by Crippen LogP contribution is 2.36. The fourth-order valence-corrected chi connectivity index (χ4v) is 4.96. The summed E-state index contributed by atoms with van der Waals surface area (Å²) in [5.74, 6) is -1.37. The SMILES string of the molecule is COC1=CN(C(Cc2ccn(C3CC3)n2)C(=O)Nc2ccc(C(=O)O)cc2)C(O)C=C1c1cc(Cl)ccc1C(C)=O. The summed E-state index contributed by atoms with van der Waals surface area (Å²) in [6.45, 7) is 1.44. The molecule has 2 aromatic carbocycles. The zero-order valence-electron chi connectivity index (χ0n) is 22.5. The fraction of sp³-hybridized carbons (Fsp3) is 0.267.